The van der Waals surface area contributed by atoms with Crippen molar-refractivity contribution in [3.63, 3.8) is 0 Å². The zero-order chi connectivity index (χ0) is 21.7. The van der Waals surface area contributed by atoms with Crippen LogP contribution in [-0.2, 0) is 10.0 Å². The monoisotopic (exact) mass is 422 g/mol. The molecule has 0 fully saturated rings. The smallest absolute Gasteiger partial charge is 0.261 e. The summed E-state index contributed by atoms with van der Waals surface area (Å²) in [7, 11) is -3.80. The number of carbonyl (C=O) groups excluding carboxylic acids is 1. The molecule has 6 heteroatoms. The first kappa shape index (κ1) is 21.6. The van der Waals surface area contributed by atoms with Crippen molar-refractivity contribution in [2.45, 2.75) is 38.1 Å². The van der Waals surface area contributed by atoms with Crippen molar-refractivity contribution in [3.05, 3.63) is 95.1 Å². The number of amides is 1. The third-order valence-electron chi connectivity index (χ3n) is 4.95. The molecule has 1 atom stereocenters. The number of carbonyl (C=O) groups is 1. The number of rotatable bonds is 7. The van der Waals surface area contributed by atoms with E-state index >= 15 is 0 Å². The Labute approximate surface area is 178 Å². The van der Waals surface area contributed by atoms with Crippen molar-refractivity contribution in [1.29, 1.82) is 0 Å². The molecule has 0 saturated carbocycles. The van der Waals surface area contributed by atoms with Crippen LogP contribution in [-0.4, -0.2) is 14.3 Å². The molecule has 0 heterocycles. The minimum absolute atomic E-state index is 0.0403. The number of aryl methyl sites for hydroxylation is 2. The van der Waals surface area contributed by atoms with E-state index < -0.39 is 10.0 Å². The molecule has 0 spiro atoms. The van der Waals surface area contributed by atoms with Gasteiger partial charge in [0, 0.05) is 11.3 Å². The van der Waals surface area contributed by atoms with Crippen LogP contribution in [0, 0.1) is 13.8 Å². The van der Waals surface area contributed by atoms with Gasteiger partial charge in [-0.15, -0.1) is 0 Å². The van der Waals surface area contributed by atoms with Gasteiger partial charge in [-0.05, 0) is 61.7 Å². The molecule has 0 radical (unpaired) electrons. The lowest BCUT2D eigenvalue weighted by Gasteiger charge is -2.20. The predicted octanol–water partition coefficient (Wildman–Crippen LogP) is 4.99. The fraction of sp³-hybridized carbons (Fsp3) is 0.208. The predicted molar refractivity (Wildman–Crippen MR) is 120 cm³/mol. The number of anilines is 1. The van der Waals surface area contributed by atoms with Crippen molar-refractivity contribution in [1.82, 2.24) is 5.32 Å². The molecule has 5 nitrogen and oxygen atoms in total. The Hall–Kier alpha value is -3.12. The van der Waals surface area contributed by atoms with Crippen molar-refractivity contribution < 1.29 is 13.2 Å². The number of para-hydroxylation sites is 1. The maximum atomic E-state index is 12.9. The lowest BCUT2D eigenvalue weighted by molar-refractivity contribution is 0.0935. The Morgan fingerprint density at radius 2 is 1.67 bits per heavy atom. The van der Waals surface area contributed by atoms with Crippen LogP contribution in [0.5, 0.6) is 0 Å². The van der Waals surface area contributed by atoms with Gasteiger partial charge in [-0.1, -0.05) is 55.0 Å². The fourth-order valence-corrected chi connectivity index (χ4v) is 4.49. The molecule has 0 unspecified atom stereocenters. The molecule has 2 N–H and O–H groups in total. The maximum Gasteiger partial charge on any atom is 0.261 e. The maximum absolute atomic E-state index is 12.9. The van der Waals surface area contributed by atoms with Crippen LogP contribution in [0.3, 0.4) is 0 Å². The Bertz CT molecular complexity index is 1140. The quantitative estimate of drug-likeness (QED) is 0.563. The van der Waals surface area contributed by atoms with Crippen LogP contribution in [0.1, 0.15) is 46.4 Å². The largest absolute Gasteiger partial charge is 0.345 e. The molecule has 3 aromatic rings. The molecule has 0 aliphatic heterocycles. The first-order valence-corrected chi connectivity index (χ1v) is 11.3. The zero-order valence-corrected chi connectivity index (χ0v) is 18.2. The van der Waals surface area contributed by atoms with E-state index in [0.29, 0.717) is 11.3 Å². The van der Waals surface area contributed by atoms with Crippen molar-refractivity contribution in [2.24, 2.45) is 0 Å². The van der Waals surface area contributed by atoms with Gasteiger partial charge in [-0.25, -0.2) is 8.42 Å². The lowest BCUT2D eigenvalue weighted by Crippen LogP contribution is -2.29. The number of nitrogens with one attached hydrogen (secondary N) is 2. The molecule has 3 aromatic carbocycles. The van der Waals surface area contributed by atoms with E-state index in [4.69, 9.17) is 0 Å². The molecule has 30 heavy (non-hydrogen) atoms. The molecule has 0 saturated heterocycles. The summed E-state index contributed by atoms with van der Waals surface area (Å²) < 4.78 is 28.0. The summed E-state index contributed by atoms with van der Waals surface area (Å²) in [5.74, 6) is -0.307. The van der Waals surface area contributed by atoms with E-state index in [1.54, 1.807) is 36.4 Å². The standard InChI is InChI=1S/C24H26N2O3S/c1-4-23(22-14-13-17(2)15-18(22)3)25-24(27)19-9-8-12-21(16-19)30(28,29)26-20-10-6-5-7-11-20/h5-16,23,26H,4H2,1-3H3,(H,25,27)/t23-/m1/s1. The zero-order valence-electron chi connectivity index (χ0n) is 17.3. The van der Waals surface area contributed by atoms with E-state index in [-0.39, 0.29) is 16.8 Å². The van der Waals surface area contributed by atoms with E-state index in [0.717, 1.165) is 17.5 Å². The van der Waals surface area contributed by atoms with Gasteiger partial charge in [-0.3, -0.25) is 9.52 Å². The highest BCUT2D eigenvalue weighted by Gasteiger charge is 2.19. The Morgan fingerprint density at radius 3 is 2.33 bits per heavy atom. The van der Waals surface area contributed by atoms with Gasteiger partial charge < -0.3 is 5.32 Å². The number of sulfonamides is 1. The van der Waals surface area contributed by atoms with Crippen molar-refractivity contribution in [2.75, 3.05) is 4.72 Å². The summed E-state index contributed by atoms with van der Waals surface area (Å²) in [4.78, 5) is 12.9. The number of benzene rings is 3. The summed E-state index contributed by atoms with van der Waals surface area (Å²) in [6, 6.07) is 20.7. The van der Waals surface area contributed by atoms with Crippen LogP contribution < -0.4 is 10.0 Å². The van der Waals surface area contributed by atoms with Crippen molar-refractivity contribution >= 4 is 21.6 Å². The first-order chi connectivity index (χ1) is 14.3. The fourth-order valence-electron chi connectivity index (χ4n) is 3.38. The van der Waals surface area contributed by atoms with Gasteiger partial charge in [0.05, 0.1) is 10.9 Å². The second-order valence-electron chi connectivity index (χ2n) is 7.29. The minimum atomic E-state index is -3.80. The highest BCUT2D eigenvalue weighted by Crippen LogP contribution is 2.23. The summed E-state index contributed by atoms with van der Waals surface area (Å²) in [5, 5.41) is 3.03. The third-order valence-corrected chi connectivity index (χ3v) is 6.33. The number of hydrogen-bond donors (Lipinski definition) is 2. The molecule has 3 rings (SSSR count). The van der Waals surface area contributed by atoms with Crippen LogP contribution in [0.4, 0.5) is 5.69 Å². The molecule has 0 aliphatic carbocycles. The Morgan fingerprint density at radius 1 is 0.933 bits per heavy atom. The average Bonchev–Trinajstić information content (AvgIpc) is 2.73. The third kappa shape index (κ3) is 5.07. The lowest BCUT2D eigenvalue weighted by atomic mass is 9.97. The van der Waals surface area contributed by atoms with E-state index in [2.05, 4.69) is 16.1 Å². The summed E-state index contributed by atoms with van der Waals surface area (Å²) in [5.41, 5.74) is 4.11. The molecule has 0 bridgehead atoms. The molecule has 0 aliphatic rings. The second-order valence-corrected chi connectivity index (χ2v) is 8.98. The van der Waals surface area contributed by atoms with Gasteiger partial charge in [0.15, 0.2) is 0 Å². The second kappa shape index (κ2) is 9.13. The van der Waals surface area contributed by atoms with Gasteiger partial charge in [0.1, 0.15) is 0 Å². The van der Waals surface area contributed by atoms with Crippen LogP contribution >= 0.6 is 0 Å². The van der Waals surface area contributed by atoms with Gasteiger partial charge in [0.2, 0.25) is 0 Å². The summed E-state index contributed by atoms with van der Waals surface area (Å²) in [6.07, 6.45) is 0.725. The molecule has 1 amide bonds. The molecular formula is C24H26N2O3S. The van der Waals surface area contributed by atoms with Crippen molar-refractivity contribution in [3.8, 4) is 0 Å². The van der Waals surface area contributed by atoms with Crippen LogP contribution in [0.2, 0.25) is 0 Å². The molecule has 0 aromatic heterocycles. The van der Waals surface area contributed by atoms with E-state index in [9.17, 15) is 13.2 Å². The topological polar surface area (TPSA) is 75.3 Å². The Balaban J connectivity index is 1.81. The summed E-state index contributed by atoms with van der Waals surface area (Å²) in [6.45, 7) is 6.07. The normalized spacial score (nSPS) is 12.2. The first-order valence-electron chi connectivity index (χ1n) is 9.86. The van der Waals surface area contributed by atoms with E-state index in [1.807, 2.05) is 39.0 Å². The van der Waals surface area contributed by atoms with Gasteiger partial charge in [-0.2, -0.15) is 0 Å². The van der Waals surface area contributed by atoms with E-state index in [1.165, 1.54) is 17.7 Å². The Kier molecular flexibility index (Phi) is 6.57. The minimum Gasteiger partial charge on any atom is -0.345 e. The van der Waals surface area contributed by atoms with Gasteiger partial charge >= 0.3 is 0 Å². The van der Waals surface area contributed by atoms with Crippen LogP contribution in [0.25, 0.3) is 0 Å². The highest BCUT2D eigenvalue weighted by molar-refractivity contribution is 7.92. The van der Waals surface area contributed by atoms with Crippen LogP contribution in [0.15, 0.2) is 77.7 Å². The number of hydrogen-bond acceptors (Lipinski definition) is 3. The summed E-state index contributed by atoms with van der Waals surface area (Å²) >= 11 is 0. The SMILES string of the molecule is CC[C@@H](NC(=O)c1cccc(S(=O)(=O)Nc2ccccc2)c1)c1ccc(C)cc1C. The molecule has 156 valence electrons. The highest BCUT2D eigenvalue weighted by atomic mass is 32.2. The molecular weight excluding hydrogens is 396 g/mol. The van der Waals surface area contributed by atoms with Gasteiger partial charge in [0.25, 0.3) is 15.9 Å². The average molecular weight is 423 g/mol.